The Morgan fingerprint density at radius 2 is 2.31 bits per heavy atom. The smallest absolute Gasteiger partial charge is 0.252 e. The van der Waals surface area contributed by atoms with Crippen molar-refractivity contribution >= 4 is 11.6 Å². The molecule has 0 radical (unpaired) electrons. The van der Waals surface area contributed by atoms with E-state index < -0.39 is 0 Å². The molecule has 1 aromatic heterocycles. The lowest BCUT2D eigenvalue weighted by Gasteiger charge is -2.06. The van der Waals surface area contributed by atoms with Crippen LogP contribution in [0.25, 0.3) is 0 Å². The monoisotopic (exact) mass is 219 g/mol. The Balaban J connectivity index is 1.99. The second-order valence-corrected chi connectivity index (χ2v) is 4.14. The van der Waals surface area contributed by atoms with Crippen LogP contribution in [0.5, 0.6) is 0 Å². The number of aromatic nitrogens is 1. The van der Waals surface area contributed by atoms with Crippen molar-refractivity contribution in [1.29, 1.82) is 0 Å². The van der Waals surface area contributed by atoms with Crippen LogP contribution in [0.1, 0.15) is 36.5 Å². The number of nitrogens with one attached hydrogen (secondary N) is 2. The lowest BCUT2D eigenvalue weighted by Crippen LogP contribution is -2.24. The van der Waals surface area contributed by atoms with Crippen molar-refractivity contribution in [2.45, 2.75) is 32.2 Å². The molecule has 0 bridgehead atoms. The lowest BCUT2D eigenvalue weighted by atomic mass is 10.2. The lowest BCUT2D eigenvalue weighted by molar-refractivity contribution is 0.0953. The number of hydrogen-bond acceptors (Lipinski definition) is 3. The molecule has 1 heterocycles. The third kappa shape index (κ3) is 2.95. The van der Waals surface area contributed by atoms with Gasteiger partial charge in [0.25, 0.3) is 5.91 Å². The fourth-order valence-corrected chi connectivity index (χ4v) is 1.45. The van der Waals surface area contributed by atoms with Crippen molar-refractivity contribution < 1.29 is 4.79 Å². The van der Waals surface area contributed by atoms with Crippen molar-refractivity contribution in [2.24, 2.45) is 0 Å². The highest BCUT2D eigenvalue weighted by Gasteiger charge is 2.21. The van der Waals surface area contributed by atoms with Gasteiger partial charge in [-0.1, -0.05) is 6.92 Å². The molecule has 1 aliphatic carbocycles. The van der Waals surface area contributed by atoms with Crippen LogP contribution in [0.4, 0.5) is 5.69 Å². The topological polar surface area (TPSA) is 54.0 Å². The van der Waals surface area contributed by atoms with E-state index in [1.165, 1.54) is 12.8 Å². The molecule has 1 fully saturated rings. The summed E-state index contributed by atoms with van der Waals surface area (Å²) >= 11 is 0. The summed E-state index contributed by atoms with van der Waals surface area (Å²) in [5.41, 5.74) is 1.56. The first-order valence-electron chi connectivity index (χ1n) is 5.79. The van der Waals surface area contributed by atoms with Crippen molar-refractivity contribution in [3.63, 3.8) is 0 Å². The molecule has 0 aliphatic heterocycles. The number of hydrogen-bond donors (Lipinski definition) is 2. The van der Waals surface area contributed by atoms with E-state index in [1.54, 1.807) is 12.4 Å². The molecule has 4 nitrogen and oxygen atoms in total. The molecule has 0 aromatic carbocycles. The summed E-state index contributed by atoms with van der Waals surface area (Å²) in [5.74, 6) is -0.0474. The molecule has 0 atom stereocenters. The summed E-state index contributed by atoms with van der Waals surface area (Å²) in [6.45, 7) is 2.74. The van der Waals surface area contributed by atoms with Crippen molar-refractivity contribution in [2.75, 3.05) is 11.9 Å². The molecular weight excluding hydrogens is 202 g/mol. The number of carbonyl (C=O) groups excluding carboxylic acids is 1. The zero-order valence-corrected chi connectivity index (χ0v) is 9.49. The number of nitrogens with zero attached hydrogens (tertiary/aromatic N) is 1. The first-order chi connectivity index (χ1) is 7.79. The number of amides is 1. The zero-order chi connectivity index (χ0) is 11.4. The minimum absolute atomic E-state index is 0.0474. The van der Waals surface area contributed by atoms with E-state index in [9.17, 15) is 4.79 Å². The van der Waals surface area contributed by atoms with E-state index in [2.05, 4.69) is 15.6 Å². The van der Waals surface area contributed by atoms with Crippen LogP contribution < -0.4 is 10.6 Å². The summed E-state index contributed by atoms with van der Waals surface area (Å²) in [4.78, 5) is 15.7. The van der Waals surface area contributed by atoms with Gasteiger partial charge in [0.1, 0.15) is 0 Å². The maximum Gasteiger partial charge on any atom is 0.252 e. The zero-order valence-electron chi connectivity index (χ0n) is 9.49. The Bertz CT molecular complexity index is 374. The predicted octanol–water partition coefficient (Wildman–Crippen LogP) is 1.80. The Hall–Kier alpha value is -1.58. The molecule has 1 amide bonds. The van der Waals surface area contributed by atoms with Gasteiger partial charge in [-0.05, 0) is 25.3 Å². The van der Waals surface area contributed by atoms with Crippen LogP contribution in [0.3, 0.4) is 0 Å². The Morgan fingerprint density at radius 1 is 1.50 bits per heavy atom. The maximum absolute atomic E-state index is 11.7. The summed E-state index contributed by atoms with van der Waals surface area (Å²) in [5, 5.41) is 6.16. The number of anilines is 1. The maximum atomic E-state index is 11.7. The summed E-state index contributed by atoms with van der Waals surface area (Å²) in [6.07, 6.45) is 6.73. The van der Waals surface area contributed by atoms with E-state index in [0.29, 0.717) is 18.2 Å². The van der Waals surface area contributed by atoms with Crippen LogP contribution in [0.2, 0.25) is 0 Å². The van der Waals surface area contributed by atoms with Crippen LogP contribution in [0.15, 0.2) is 18.5 Å². The number of pyridine rings is 1. The molecule has 1 aliphatic rings. The van der Waals surface area contributed by atoms with Crippen molar-refractivity contribution in [1.82, 2.24) is 10.3 Å². The summed E-state index contributed by atoms with van der Waals surface area (Å²) in [7, 11) is 0. The summed E-state index contributed by atoms with van der Waals surface area (Å²) < 4.78 is 0. The first kappa shape index (κ1) is 10.9. The molecule has 0 unspecified atom stereocenters. The standard InChI is InChI=1S/C12H17N3O/c1-2-5-14-12(16)9-6-11(8-13-7-9)15-10-3-4-10/h6-8,10,15H,2-5H2,1H3,(H,14,16). The van der Waals surface area contributed by atoms with Gasteiger partial charge in [0.15, 0.2) is 0 Å². The third-order valence-corrected chi connectivity index (χ3v) is 2.48. The minimum atomic E-state index is -0.0474. The van der Waals surface area contributed by atoms with Gasteiger partial charge in [-0.15, -0.1) is 0 Å². The van der Waals surface area contributed by atoms with Gasteiger partial charge >= 0.3 is 0 Å². The predicted molar refractivity (Wildman–Crippen MR) is 63.5 cm³/mol. The highest BCUT2D eigenvalue weighted by molar-refractivity contribution is 5.94. The fourth-order valence-electron chi connectivity index (χ4n) is 1.45. The Kier molecular flexibility index (Phi) is 3.39. The van der Waals surface area contributed by atoms with E-state index >= 15 is 0 Å². The molecule has 0 saturated heterocycles. The Morgan fingerprint density at radius 3 is 3.00 bits per heavy atom. The molecule has 16 heavy (non-hydrogen) atoms. The van der Waals surface area contributed by atoms with Crippen molar-refractivity contribution in [3.05, 3.63) is 24.0 Å². The van der Waals surface area contributed by atoms with Gasteiger partial charge in [-0.25, -0.2) is 0 Å². The normalized spacial score (nSPS) is 14.6. The second kappa shape index (κ2) is 4.96. The summed E-state index contributed by atoms with van der Waals surface area (Å²) in [6, 6.07) is 2.44. The van der Waals surface area contributed by atoms with E-state index in [1.807, 2.05) is 13.0 Å². The molecule has 2 N–H and O–H groups in total. The van der Waals surface area contributed by atoms with Gasteiger partial charge in [-0.3, -0.25) is 9.78 Å². The molecule has 1 saturated carbocycles. The SMILES string of the molecule is CCCNC(=O)c1cncc(NC2CC2)c1. The molecule has 2 rings (SSSR count). The first-order valence-corrected chi connectivity index (χ1v) is 5.79. The average molecular weight is 219 g/mol. The van der Waals surface area contributed by atoms with Gasteiger partial charge in [0.2, 0.25) is 0 Å². The van der Waals surface area contributed by atoms with Gasteiger partial charge in [0, 0.05) is 25.0 Å². The van der Waals surface area contributed by atoms with E-state index in [0.717, 1.165) is 12.1 Å². The molecule has 4 heteroatoms. The van der Waals surface area contributed by atoms with Gasteiger partial charge in [-0.2, -0.15) is 0 Å². The van der Waals surface area contributed by atoms with Crippen LogP contribution in [-0.4, -0.2) is 23.5 Å². The largest absolute Gasteiger partial charge is 0.381 e. The Labute approximate surface area is 95.5 Å². The average Bonchev–Trinajstić information content (AvgIpc) is 3.10. The third-order valence-electron chi connectivity index (χ3n) is 2.48. The van der Waals surface area contributed by atoms with Crippen LogP contribution in [-0.2, 0) is 0 Å². The number of rotatable bonds is 5. The van der Waals surface area contributed by atoms with E-state index in [-0.39, 0.29) is 5.91 Å². The molecule has 86 valence electrons. The van der Waals surface area contributed by atoms with Crippen LogP contribution in [0, 0.1) is 0 Å². The highest BCUT2D eigenvalue weighted by atomic mass is 16.1. The highest BCUT2D eigenvalue weighted by Crippen LogP contribution is 2.24. The molecule has 1 aromatic rings. The molecular formula is C12H17N3O. The van der Waals surface area contributed by atoms with E-state index in [4.69, 9.17) is 0 Å². The minimum Gasteiger partial charge on any atom is -0.381 e. The quantitative estimate of drug-likeness (QED) is 0.794. The van der Waals surface area contributed by atoms with Gasteiger partial charge in [0.05, 0.1) is 11.3 Å². The fraction of sp³-hybridized carbons (Fsp3) is 0.500. The van der Waals surface area contributed by atoms with Crippen LogP contribution >= 0.6 is 0 Å². The van der Waals surface area contributed by atoms with Crippen molar-refractivity contribution in [3.8, 4) is 0 Å². The second-order valence-electron chi connectivity index (χ2n) is 4.14. The van der Waals surface area contributed by atoms with Gasteiger partial charge < -0.3 is 10.6 Å². The number of carbonyl (C=O) groups is 1. The molecule has 0 spiro atoms.